The van der Waals surface area contributed by atoms with E-state index in [2.05, 4.69) is 10.6 Å². The first kappa shape index (κ1) is 26.8. The van der Waals surface area contributed by atoms with Crippen molar-refractivity contribution in [2.45, 2.75) is 6.18 Å². The second-order valence-corrected chi connectivity index (χ2v) is 9.13. The van der Waals surface area contributed by atoms with Crippen molar-refractivity contribution in [1.82, 2.24) is 0 Å². The van der Waals surface area contributed by atoms with E-state index in [4.69, 9.17) is 46.4 Å². The van der Waals surface area contributed by atoms with Crippen LogP contribution in [0.4, 0.5) is 30.2 Å². The van der Waals surface area contributed by atoms with Crippen molar-refractivity contribution in [3.63, 3.8) is 0 Å². The van der Waals surface area contributed by atoms with Gasteiger partial charge in [-0.1, -0.05) is 52.5 Å². The fraction of sp³-hybridized carbons (Fsp3) is 0.0417. The number of nitrogens with zero attached hydrogens (tertiary/aromatic N) is 1. The lowest BCUT2D eigenvalue weighted by molar-refractivity contribution is -0.137. The van der Waals surface area contributed by atoms with Crippen LogP contribution in [0.25, 0.3) is 0 Å². The number of benzene rings is 3. The summed E-state index contributed by atoms with van der Waals surface area (Å²) in [6, 6.07) is 12.5. The summed E-state index contributed by atoms with van der Waals surface area (Å²) >= 11 is 24.2. The number of nitrogens with one attached hydrogen (secondary N) is 2. The monoisotopic (exact) mass is 587 g/mol. The number of alkyl halides is 3. The van der Waals surface area contributed by atoms with Crippen molar-refractivity contribution in [3.05, 3.63) is 97.6 Å². The fourth-order valence-corrected chi connectivity index (χ4v) is 4.09. The lowest BCUT2D eigenvalue weighted by Gasteiger charge is -2.17. The summed E-state index contributed by atoms with van der Waals surface area (Å²) in [5.41, 5.74) is -0.978. The Bertz CT molecular complexity index is 1470. The molecule has 2 N–H and O–H groups in total. The van der Waals surface area contributed by atoms with Gasteiger partial charge in [0.25, 0.3) is 17.7 Å². The summed E-state index contributed by atoms with van der Waals surface area (Å²) in [6.45, 7) is 0. The van der Waals surface area contributed by atoms with E-state index >= 15 is 0 Å². The first-order valence-corrected chi connectivity index (χ1v) is 11.7. The van der Waals surface area contributed by atoms with Gasteiger partial charge in [0.1, 0.15) is 10.7 Å². The van der Waals surface area contributed by atoms with E-state index in [-0.39, 0.29) is 42.7 Å². The number of halogens is 7. The van der Waals surface area contributed by atoms with Gasteiger partial charge in [-0.3, -0.25) is 14.4 Å². The van der Waals surface area contributed by atoms with Gasteiger partial charge < -0.3 is 10.6 Å². The summed E-state index contributed by atoms with van der Waals surface area (Å²) < 4.78 is 38.9. The minimum atomic E-state index is -4.61. The molecule has 0 bridgehead atoms. The molecule has 13 heteroatoms. The van der Waals surface area contributed by atoms with Crippen molar-refractivity contribution < 1.29 is 27.6 Å². The molecule has 0 fully saturated rings. The summed E-state index contributed by atoms with van der Waals surface area (Å²) in [7, 11) is 0. The Balaban J connectivity index is 1.50. The highest BCUT2D eigenvalue weighted by atomic mass is 35.5. The minimum absolute atomic E-state index is 0.00665. The van der Waals surface area contributed by atoms with Gasteiger partial charge in [-0.2, -0.15) is 13.2 Å². The Labute approximate surface area is 227 Å². The first-order chi connectivity index (χ1) is 17.4. The molecule has 0 unspecified atom stereocenters. The van der Waals surface area contributed by atoms with Crippen LogP contribution in [-0.4, -0.2) is 17.7 Å². The minimum Gasteiger partial charge on any atom is -0.350 e. The Kier molecular flexibility index (Phi) is 7.43. The number of anilines is 3. The van der Waals surface area contributed by atoms with Gasteiger partial charge >= 0.3 is 6.18 Å². The second kappa shape index (κ2) is 10.3. The Morgan fingerprint density at radius 1 is 0.838 bits per heavy atom. The van der Waals surface area contributed by atoms with E-state index in [0.717, 1.165) is 23.1 Å². The Morgan fingerprint density at radius 3 is 2.16 bits per heavy atom. The quantitative estimate of drug-likeness (QED) is 0.305. The van der Waals surface area contributed by atoms with Gasteiger partial charge in [0.05, 0.1) is 32.0 Å². The van der Waals surface area contributed by atoms with Crippen LogP contribution < -0.4 is 15.5 Å². The van der Waals surface area contributed by atoms with Gasteiger partial charge in [-0.05, 0) is 54.6 Å². The molecule has 1 aliphatic rings. The number of hydrogen-bond acceptors (Lipinski definition) is 4. The lowest BCUT2D eigenvalue weighted by atomic mass is 10.1. The predicted molar refractivity (Wildman–Crippen MR) is 136 cm³/mol. The number of carbonyl (C=O) groups is 3. The predicted octanol–water partition coefficient (Wildman–Crippen LogP) is 7.35. The third kappa shape index (κ3) is 5.40. The first-order valence-electron chi connectivity index (χ1n) is 10.2. The number of imide groups is 1. The smallest absolute Gasteiger partial charge is 0.350 e. The molecule has 0 spiro atoms. The van der Waals surface area contributed by atoms with Crippen molar-refractivity contribution >= 4 is 81.2 Å². The van der Waals surface area contributed by atoms with Gasteiger partial charge in [-0.25, -0.2) is 4.90 Å². The lowest BCUT2D eigenvalue weighted by Crippen LogP contribution is -2.32. The fourth-order valence-electron chi connectivity index (χ4n) is 3.34. The van der Waals surface area contributed by atoms with E-state index in [1.807, 2.05) is 0 Å². The topological polar surface area (TPSA) is 78.5 Å². The molecule has 37 heavy (non-hydrogen) atoms. The summed E-state index contributed by atoms with van der Waals surface area (Å²) in [5, 5.41) is 4.74. The SMILES string of the molecule is O=C(Nc1cc(C(F)(F)F)ccc1Cl)c1ccc(NC2=C(Cl)C(=O)N(c3cccc(Cl)c3Cl)C2=O)cc1. The molecule has 0 aliphatic carbocycles. The number of carbonyl (C=O) groups excluding carboxylic acids is 3. The number of hydrogen-bond donors (Lipinski definition) is 2. The van der Waals surface area contributed by atoms with E-state index in [1.54, 1.807) is 0 Å². The van der Waals surface area contributed by atoms with E-state index < -0.39 is 29.5 Å². The van der Waals surface area contributed by atoms with E-state index in [1.165, 1.54) is 42.5 Å². The van der Waals surface area contributed by atoms with Crippen molar-refractivity contribution in [3.8, 4) is 0 Å². The molecule has 0 radical (unpaired) electrons. The van der Waals surface area contributed by atoms with E-state index in [9.17, 15) is 27.6 Å². The average molecular weight is 589 g/mol. The molecule has 4 rings (SSSR count). The standard InChI is InChI=1S/C24H12Cl4F3N3O3/c25-14-9-6-12(24(29,30)31)10-16(14)33-21(35)11-4-7-13(8-5-11)32-20-19(28)22(36)34(23(20)37)17-3-1-2-15(26)18(17)27/h1-10,32H,(H,33,35). The molecule has 0 aromatic heterocycles. The van der Waals surface area contributed by atoms with Gasteiger partial charge in [0.2, 0.25) is 0 Å². The van der Waals surface area contributed by atoms with Gasteiger partial charge in [-0.15, -0.1) is 0 Å². The highest BCUT2D eigenvalue weighted by molar-refractivity contribution is 6.54. The van der Waals surface area contributed by atoms with Crippen LogP contribution in [-0.2, 0) is 15.8 Å². The maximum absolute atomic E-state index is 13.0. The largest absolute Gasteiger partial charge is 0.416 e. The molecule has 1 aliphatic heterocycles. The van der Waals surface area contributed by atoms with Crippen LogP contribution >= 0.6 is 46.4 Å². The van der Waals surface area contributed by atoms with Crippen molar-refractivity contribution in [2.75, 3.05) is 15.5 Å². The normalized spacial score (nSPS) is 13.9. The highest BCUT2D eigenvalue weighted by Gasteiger charge is 2.40. The molecule has 3 aromatic rings. The zero-order chi connectivity index (χ0) is 27.1. The molecule has 1 heterocycles. The van der Waals surface area contributed by atoms with Gasteiger partial charge in [0.15, 0.2) is 0 Å². The van der Waals surface area contributed by atoms with Crippen molar-refractivity contribution in [1.29, 1.82) is 0 Å². The number of rotatable bonds is 5. The molecule has 0 saturated heterocycles. The third-order valence-electron chi connectivity index (χ3n) is 5.16. The Hall–Kier alpha value is -3.24. The van der Waals surface area contributed by atoms with Crippen LogP contribution in [0.3, 0.4) is 0 Å². The van der Waals surface area contributed by atoms with Crippen LogP contribution in [0.1, 0.15) is 15.9 Å². The summed E-state index contributed by atoms with van der Waals surface area (Å²) in [4.78, 5) is 38.9. The zero-order valence-corrected chi connectivity index (χ0v) is 21.1. The van der Waals surface area contributed by atoms with Crippen molar-refractivity contribution in [2.24, 2.45) is 0 Å². The van der Waals surface area contributed by atoms with E-state index in [0.29, 0.717) is 5.69 Å². The van der Waals surface area contributed by atoms with Crippen LogP contribution in [0.2, 0.25) is 15.1 Å². The molecule has 3 amide bonds. The Morgan fingerprint density at radius 2 is 1.51 bits per heavy atom. The molecular formula is C24H12Cl4F3N3O3. The molecule has 190 valence electrons. The maximum atomic E-state index is 13.0. The molecule has 0 saturated carbocycles. The highest BCUT2D eigenvalue weighted by Crippen LogP contribution is 2.38. The third-order valence-corrected chi connectivity index (χ3v) is 6.65. The average Bonchev–Trinajstić information content (AvgIpc) is 3.05. The number of amides is 3. The summed E-state index contributed by atoms with van der Waals surface area (Å²) in [5.74, 6) is -2.31. The van der Waals surface area contributed by atoms with Crippen LogP contribution in [0.15, 0.2) is 71.4 Å². The second-order valence-electron chi connectivity index (χ2n) is 7.56. The van der Waals surface area contributed by atoms with Gasteiger partial charge in [0, 0.05) is 11.3 Å². The molecule has 6 nitrogen and oxygen atoms in total. The molecule has 0 atom stereocenters. The van der Waals surface area contributed by atoms with Crippen LogP contribution in [0.5, 0.6) is 0 Å². The maximum Gasteiger partial charge on any atom is 0.416 e. The zero-order valence-electron chi connectivity index (χ0n) is 18.1. The molecular weight excluding hydrogens is 577 g/mol. The van der Waals surface area contributed by atoms with Crippen LogP contribution in [0, 0.1) is 0 Å². The summed E-state index contributed by atoms with van der Waals surface area (Å²) in [6.07, 6.45) is -4.61. The molecule has 3 aromatic carbocycles.